The van der Waals surface area contributed by atoms with E-state index in [0.717, 1.165) is 16.5 Å². The van der Waals surface area contributed by atoms with Crippen LogP contribution in [0.15, 0.2) is 30.5 Å². The molecule has 0 aliphatic carbocycles. The molecule has 1 aromatic heterocycles. The Labute approximate surface area is 157 Å². The molecule has 1 aromatic carbocycles. The molecule has 146 valence electrons. The molecule has 0 saturated carbocycles. The van der Waals surface area contributed by atoms with Gasteiger partial charge in [-0.25, -0.2) is 4.79 Å². The number of fused-ring (bicyclic) bond motifs is 1. The Kier molecular flexibility index (Phi) is 6.57. The van der Waals surface area contributed by atoms with E-state index in [0.29, 0.717) is 0 Å². The summed E-state index contributed by atoms with van der Waals surface area (Å²) in [6.45, 7) is 5.10. The summed E-state index contributed by atoms with van der Waals surface area (Å²) < 4.78 is 0. The molecular weight excluding hydrogens is 348 g/mol. The zero-order valence-electron chi connectivity index (χ0n) is 15.7. The van der Waals surface area contributed by atoms with Crippen molar-refractivity contribution in [2.24, 2.45) is 11.7 Å². The maximum absolute atomic E-state index is 12.3. The Morgan fingerprint density at radius 1 is 1.11 bits per heavy atom. The molecule has 2 aromatic rings. The SMILES string of the molecule is CC(C)[C@H](N)C(=O)N[C@@H](C)C(=O)N[C@@H](Cc1c[nH]c2ccccc12)C(=O)O. The number of carboxylic acids is 1. The molecule has 3 atom stereocenters. The number of nitrogens with two attached hydrogens (primary N) is 1. The van der Waals surface area contributed by atoms with Crippen LogP contribution in [0.1, 0.15) is 26.3 Å². The van der Waals surface area contributed by atoms with Gasteiger partial charge in [-0.3, -0.25) is 9.59 Å². The van der Waals surface area contributed by atoms with E-state index in [1.54, 1.807) is 20.0 Å². The van der Waals surface area contributed by atoms with Gasteiger partial charge in [0.15, 0.2) is 0 Å². The normalized spacial score (nSPS) is 14.6. The predicted octanol–water partition coefficient (Wildman–Crippen LogP) is 0.768. The van der Waals surface area contributed by atoms with Gasteiger partial charge in [-0.2, -0.15) is 0 Å². The predicted molar refractivity (Wildman–Crippen MR) is 102 cm³/mol. The highest BCUT2D eigenvalue weighted by Crippen LogP contribution is 2.19. The van der Waals surface area contributed by atoms with Gasteiger partial charge in [0.25, 0.3) is 0 Å². The maximum atomic E-state index is 12.3. The van der Waals surface area contributed by atoms with Gasteiger partial charge in [-0.15, -0.1) is 0 Å². The molecule has 27 heavy (non-hydrogen) atoms. The topological polar surface area (TPSA) is 137 Å². The Balaban J connectivity index is 2.04. The molecule has 6 N–H and O–H groups in total. The number of amides is 2. The number of aromatic nitrogens is 1. The van der Waals surface area contributed by atoms with Crippen LogP contribution in [0.4, 0.5) is 0 Å². The van der Waals surface area contributed by atoms with Gasteiger partial charge < -0.3 is 26.5 Å². The molecule has 0 aliphatic heterocycles. The van der Waals surface area contributed by atoms with Gasteiger partial charge in [0.1, 0.15) is 12.1 Å². The molecule has 2 amide bonds. The molecule has 2 rings (SSSR count). The van der Waals surface area contributed by atoms with Gasteiger partial charge in [0.2, 0.25) is 11.8 Å². The fourth-order valence-corrected chi connectivity index (χ4v) is 2.70. The number of carboxylic acid groups (broad SMARTS) is 1. The lowest BCUT2D eigenvalue weighted by molar-refractivity contribution is -0.142. The third-order valence-electron chi connectivity index (χ3n) is 4.49. The summed E-state index contributed by atoms with van der Waals surface area (Å²) in [4.78, 5) is 39.0. The minimum Gasteiger partial charge on any atom is -0.480 e. The summed E-state index contributed by atoms with van der Waals surface area (Å²) in [6, 6.07) is 4.78. The fraction of sp³-hybridized carbons (Fsp3) is 0.421. The van der Waals surface area contributed by atoms with Crippen molar-refractivity contribution < 1.29 is 19.5 Å². The number of nitrogens with one attached hydrogen (secondary N) is 3. The molecule has 0 fully saturated rings. The number of para-hydroxylation sites is 1. The Morgan fingerprint density at radius 2 is 1.78 bits per heavy atom. The van der Waals surface area contributed by atoms with Crippen LogP contribution < -0.4 is 16.4 Å². The van der Waals surface area contributed by atoms with Crippen LogP contribution in [-0.4, -0.2) is 46.0 Å². The van der Waals surface area contributed by atoms with Crippen molar-refractivity contribution in [1.29, 1.82) is 0 Å². The summed E-state index contributed by atoms with van der Waals surface area (Å²) in [7, 11) is 0. The second-order valence-corrected chi connectivity index (χ2v) is 6.96. The van der Waals surface area contributed by atoms with Crippen LogP contribution in [0.2, 0.25) is 0 Å². The van der Waals surface area contributed by atoms with Gasteiger partial charge in [-0.05, 0) is 24.5 Å². The standard InChI is InChI=1S/C19H26N4O4/c1-10(2)16(20)18(25)22-11(3)17(24)23-15(19(26)27)8-12-9-21-14-7-5-4-6-13(12)14/h4-7,9-11,15-16,21H,8,20H2,1-3H3,(H,22,25)(H,23,24)(H,26,27)/t11-,15-,16-/m0/s1. The molecule has 0 aliphatic rings. The summed E-state index contributed by atoms with van der Waals surface area (Å²) in [5.41, 5.74) is 7.44. The lowest BCUT2D eigenvalue weighted by atomic mass is 10.0. The van der Waals surface area contributed by atoms with Gasteiger partial charge in [-0.1, -0.05) is 32.0 Å². The third kappa shape index (κ3) is 5.07. The third-order valence-corrected chi connectivity index (χ3v) is 4.49. The Bertz CT molecular complexity index is 830. The van der Waals surface area contributed by atoms with Crippen LogP contribution in [0.3, 0.4) is 0 Å². The molecule has 8 heteroatoms. The van der Waals surface area contributed by atoms with Crippen LogP contribution in [0, 0.1) is 5.92 Å². The number of benzene rings is 1. The first kappa shape index (κ1) is 20.4. The second kappa shape index (κ2) is 8.68. The van der Waals surface area contributed by atoms with Crippen LogP contribution in [0.25, 0.3) is 10.9 Å². The highest BCUT2D eigenvalue weighted by Gasteiger charge is 2.26. The molecular formula is C19H26N4O4. The molecule has 0 unspecified atom stereocenters. The van der Waals surface area contributed by atoms with E-state index in [1.165, 1.54) is 6.92 Å². The van der Waals surface area contributed by atoms with Gasteiger partial charge >= 0.3 is 5.97 Å². The summed E-state index contributed by atoms with van der Waals surface area (Å²) in [6.07, 6.45) is 1.86. The highest BCUT2D eigenvalue weighted by molar-refractivity contribution is 5.92. The van der Waals surface area contributed by atoms with Gasteiger partial charge in [0, 0.05) is 23.5 Å². The number of rotatable bonds is 8. The minimum atomic E-state index is -1.15. The zero-order valence-corrected chi connectivity index (χ0v) is 15.7. The summed E-state index contributed by atoms with van der Waals surface area (Å²) in [5, 5.41) is 15.4. The van der Waals surface area contributed by atoms with Crippen molar-refractivity contribution in [1.82, 2.24) is 15.6 Å². The van der Waals surface area contributed by atoms with Crippen LogP contribution in [-0.2, 0) is 20.8 Å². The smallest absolute Gasteiger partial charge is 0.326 e. The first-order valence-electron chi connectivity index (χ1n) is 8.84. The van der Waals surface area contributed by atoms with E-state index < -0.39 is 35.9 Å². The lowest BCUT2D eigenvalue weighted by Crippen LogP contribution is -2.54. The second-order valence-electron chi connectivity index (χ2n) is 6.96. The summed E-state index contributed by atoms with van der Waals surface area (Å²) >= 11 is 0. The van der Waals surface area contributed by atoms with E-state index in [2.05, 4.69) is 15.6 Å². The molecule has 0 radical (unpaired) electrons. The van der Waals surface area contributed by atoms with Crippen molar-refractivity contribution in [3.63, 3.8) is 0 Å². The van der Waals surface area contributed by atoms with Crippen molar-refractivity contribution in [2.75, 3.05) is 0 Å². The largest absolute Gasteiger partial charge is 0.480 e. The lowest BCUT2D eigenvalue weighted by Gasteiger charge is -2.21. The fourth-order valence-electron chi connectivity index (χ4n) is 2.70. The average Bonchev–Trinajstić information content (AvgIpc) is 3.03. The summed E-state index contributed by atoms with van der Waals surface area (Å²) in [5.74, 6) is -2.25. The monoisotopic (exact) mass is 374 g/mol. The molecule has 0 saturated heterocycles. The maximum Gasteiger partial charge on any atom is 0.326 e. The number of carbonyl (C=O) groups excluding carboxylic acids is 2. The first-order chi connectivity index (χ1) is 12.7. The van der Waals surface area contributed by atoms with Crippen LogP contribution >= 0.6 is 0 Å². The minimum absolute atomic E-state index is 0.0751. The van der Waals surface area contributed by atoms with Crippen molar-refractivity contribution in [2.45, 2.75) is 45.3 Å². The van der Waals surface area contributed by atoms with Crippen LogP contribution in [0.5, 0.6) is 0 Å². The van der Waals surface area contributed by atoms with E-state index in [1.807, 2.05) is 24.3 Å². The first-order valence-corrected chi connectivity index (χ1v) is 8.84. The zero-order chi connectivity index (χ0) is 20.1. The molecule has 0 bridgehead atoms. The van der Waals surface area contributed by atoms with E-state index >= 15 is 0 Å². The molecule has 8 nitrogen and oxygen atoms in total. The number of hydrogen-bond acceptors (Lipinski definition) is 4. The quantitative estimate of drug-likeness (QED) is 0.465. The Hall–Kier alpha value is -2.87. The highest BCUT2D eigenvalue weighted by atomic mass is 16.4. The number of aliphatic carboxylic acids is 1. The van der Waals surface area contributed by atoms with Crippen molar-refractivity contribution in [3.05, 3.63) is 36.0 Å². The Morgan fingerprint density at radius 3 is 2.41 bits per heavy atom. The number of H-pyrrole nitrogens is 1. The number of hydrogen-bond donors (Lipinski definition) is 5. The van der Waals surface area contributed by atoms with Crippen molar-refractivity contribution >= 4 is 28.7 Å². The molecule has 1 heterocycles. The van der Waals surface area contributed by atoms with E-state index in [4.69, 9.17) is 5.73 Å². The number of carbonyl (C=O) groups is 3. The van der Waals surface area contributed by atoms with Gasteiger partial charge in [0.05, 0.1) is 6.04 Å². The van der Waals surface area contributed by atoms with E-state index in [9.17, 15) is 19.5 Å². The molecule has 0 spiro atoms. The number of aromatic amines is 1. The van der Waals surface area contributed by atoms with E-state index in [-0.39, 0.29) is 12.3 Å². The van der Waals surface area contributed by atoms with Crippen molar-refractivity contribution in [3.8, 4) is 0 Å². The average molecular weight is 374 g/mol.